The zero-order chi connectivity index (χ0) is 7.68. The maximum Gasteiger partial charge on any atom is 0.0609 e. The van der Waals surface area contributed by atoms with Crippen molar-refractivity contribution in [3.8, 4) is 0 Å². The highest BCUT2D eigenvalue weighted by molar-refractivity contribution is 7.99. The molecule has 0 bridgehead atoms. The van der Waals surface area contributed by atoms with E-state index in [-0.39, 0.29) is 0 Å². The number of thioether (sulfide) groups is 1. The van der Waals surface area contributed by atoms with Crippen LogP contribution in [0.25, 0.3) is 0 Å². The molecule has 1 nitrogen and oxygen atoms in total. The summed E-state index contributed by atoms with van der Waals surface area (Å²) in [7, 11) is 0. The second kappa shape index (κ2) is 3.02. The first-order valence-corrected chi connectivity index (χ1v) is 5.33. The maximum atomic E-state index is 4.46. The smallest absolute Gasteiger partial charge is 0.0609 e. The number of aliphatic imine (C=N–C) groups is 1. The van der Waals surface area contributed by atoms with Gasteiger partial charge in [-0.3, -0.25) is 4.99 Å². The summed E-state index contributed by atoms with van der Waals surface area (Å²) >= 11 is 2.08. The molecule has 0 saturated carbocycles. The standard InChI is InChI=1S/C9H13NS/c1-7-9-3-5-11-4-2-8(9)6-10-7/h2-6H2,1H3. The van der Waals surface area contributed by atoms with Crippen molar-refractivity contribution in [1.82, 2.24) is 0 Å². The van der Waals surface area contributed by atoms with Crippen LogP contribution in [0.1, 0.15) is 19.8 Å². The lowest BCUT2D eigenvalue weighted by Gasteiger charge is -2.00. The fraction of sp³-hybridized carbons (Fsp3) is 0.667. The minimum atomic E-state index is 1.00. The van der Waals surface area contributed by atoms with Gasteiger partial charge in [0.1, 0.15) is 0 Å². The minimum Gasteiger partial charge on any atom is -0.285 e. The first kappa shape index (κ1) is 7.41. The molecule has 60 valence electrons. The molecule has 2 aliphatic rings. The van der Waals surface area contributed by atoms with Gasteiger partial charge in [-0.25, -0.2) is 0 Å². The Kier molecular flexibility index (Phi) is 2.03. The van der Waals surface area contributed by atoms with Gasteiger partial charge in [0.15, 0.2) is 0 Å². The molecule has 2 aliphatic heterocycles. The second-order valence-corrected chi connectivity index (χ2v) is 4.32. The molecule has 2 rings (SSSR count). The van der Waals surface area contributed by atoms with Crippen LogP contribution >= 0.6 is 11.8 Å². The van der Waals surface area contributed by atoms with E-state index in [1.54, 1.807) is 11.1 Å². The summed E-state index contributed by atoms with van der Waals surface area (Å²) < 4.78 is 0. The topological polar surface area (TPSA) is 12.4 Å². The Morgan fingerprint density at radius 1 is 1.27 bits per heavy atom. The summed E-state index contributed by atoms with van der Waals surface area (Å²) in [5.74, 6) is 2.60. The lowest BCUT2D eigenvalue weighted by molar-refractivity contribution is 1.03. The van der Waals surface area contributed by atoms with E-state index in [4.69, 9.17) is 0 Å². The van der Waals surface area contributed by atoms with Crippen molar-refractivity contribution < 1.29 is 0 Å². The summed E-state index contributed by atoms with van der Waals surface area (Å²) in [4.78, 5) is 4.46. The van der Waals surface area contributed by atoms with Crippen molar-refractivity contribution in [2.75, 3.05) is 18.1 Å². The van der Waals surface area contributed by atoms with Gasteiger partial charge < -0.3 is 0 Å². The number of rotatable bonds is 0. The molecule has 0 aliphatic carbocycles. The van der Waals surface area contributed by atoms with Crippen LogP contribution in [-0.2, 0) is 0 Å². The fourth-order valence-electron chi connectivity index (χ4n) is 1.72. The average Bonchev–Trinajstić information content (AvgIpc) is 2.25. The Morgan fingerprint density at radius 2 is 2.09 bits per heavy atom. The highest BCUT2D eigenvalue weighted by atomic mass is 32.2. The average molecular weight is 167 g/mol. The van der Waals surface area contributed by atoms with Crippen molar-refractivity contribution in [1.29, 1.82) is 0 Å². The molecule has 0 aromatic carbocycles. The van der Waals surface area contributed by atoms with Crippen molar-refractivity contribution in [2.24, 2.45) is 4.99 Å². The maximum absolute atomic E-state index is 4.46. The van der Waals surface area contributed by atoms with Crippen LogP contribution in [0.15, 0.2) is 16.1 Å². The third-order valence-corrected chi connectivity index (χ3v) is 3.40. The first-order chi connectivity index (χ1) is 5.38. The Labute approximate surface area is 72.0 Å². The molecule has 0 atom stereocenters. The van der Waals surface area contributed by atoms with E-state index in [0.29, 0.717) is 0 Å². The molecule has 0 amide bonds. The lowest BCUT2D eigenvalue weighted by Crippen LogP contribution is -1.95. The molecule has 0 spiro atoms. The van der Waals surface area contributed by atoms with Crippen molar-refractivity contribution in [3.05, 3.63) is 11.1 Å². The number of allylic oxidation sites excluding steroid dienone is 1. The van der Waals surface area contributed by atoms with Crippen LogP contribution in [0.4, 0.5) is 0 Å². The molecule has 0 aromatic heterocycles. The van der Waals surface area contributed by atoms with Crippen molar-refractivity contribution >= 4 is 17.5 Å². The van der Waals surface area contributed by atoms with E-state index >= 15 is 0 Å². The van der Waals surface area contributed by atoms with Crippen LogP contribution in [0.2, 0.25) is 0 Å². The van der Waals surface area contributed by atoms with E-state index in [9.17, 15) is 0 Å². The molecule has 0 unspecified atom stereocenters. The third-order valence-electron chi connectivity index (χ3n) is 2.42. The lowest BCUT2D eigenvalue weighted by atomic mass is 10.0. The second-order valence-electron chi connectivity index (χ2n) is 3.10. The highest BCUT2D eigenvalue weighted by Gasteiger charge is 2.17. The Bertz CT molecular complexity index is 228. The van der Waals surface area contributed by atoms with E-state index in [2.05, 4.69) is 23.7 Å². The van der Waals surface area contributed by atoms with Crippen LogP contribution in [0.5, 0.6) is 0 Å². The van der Waals surface area contributed by atoms with Gasteiger partial charge in [0, 0.05) is 5.71 Å². The number of nitrogens with zero attached hydrogens (tertiary/aromatic N) is 1. The Balaban J connectivity index is 2.22. The van der Waals surface area contributed by atoms with Crippen LogP contribution in [0.3, 0.4) is 0 Å². The number of hydrogen-bond acceptors (Lipinski definition) is 2. The molecule has 0 aromatic rings. The summed E-state index contributed by atoms with van der Waals surface area (Å²) in [6, 6.07) is 0. The van der Waals surface area contributed by atoms with Gasteiger partial charge in [-0.1, -0.05) is 0 Å². The summed E-state index contributed by atoms with van der Waals surface area (Å²) in [5.41, 5.74) is 4.50. The third kappa shape index (κ3) is 1.36. The molecule has 2 heteroatoms. The predicted molar refractivity (Wildman–Crippen MR) is 51.6 cm³/mol. The van der Waals surface area contributed by atoms with Crippen LogP contribution < -0.4 is 0 Å². The molecule has 0 fully saturated rings. The molecular weight excluding hydrogens is 154 g/mol. The predicted octanol–water partition coefficient (Wildman–Crippen LogP) is 2.28. The van der Waals surface area contributed by atoms with E-state index in [0.717, 1.165) is 6.54 Å². The molecule has 11 heavy (non-hydrogen) atoms. The van der Waals surface area contributed by atoms with Gasteiger partial charge >= 0.3 is 0 Å². The van der Waals surface area contributed by atoms with Gasteiger partial charge in [-0.2, -0.15) is 11.8 Å². The van der Waals surface area contributed by atoms with Crippen molar-refractivity contribution in [3.63, 3.8) is 0 Å². The van der Waals surface area contributed by atoms with E-state index < -0.39 is 0 Å². The molecule has 2 heterocycles. The normalized spacial score (nSPS) is 24.6. The largest absolute Gasteiger partial charge is 0.285 e. The van der Waals surface area contributed by atoms with Gasteiger partial charge in [0.2, 0.25) is 0 Å². The minimum absolute atomic E-state index is 1.00. The fourth-order valence-corrected chi connectivity index (χ4v) is 2.66. The summed E-state index contributed by atoms with van der Waals surface area (Å²) in [5, 5.41) is 0. The zero-order valence-corrected chi connectivity index (χ0v) is 7.71. The Hall–Kier alpha value is -0.240. The number of hydrogen-bond donors (Lipinski definition) is 0. The van der Waals surface area contributed by atoms with E-state index in [1.807, 2.05) is 0 Å². The van der Waals surface area contributed by atoms with Gasteiger partial charge in [0.25, 0.3) is 0 Å². The van der Waals surface area contributed by atoms with Gasteiger partial charge in [-0.05, 0) is 42.4 Å². The first-order valence-electron chi connectivity index (χ1n) is 4.18. The summed E-state index contributed by atoms with van der Waals surface area (Å²) in [6.45, 7) is 3.15. The van der Waals surface area contributed by atoms with Crippen molar-refractivity contribution in [2.45, 2.75) is 19.8 Å². The highest BCUT2D eigenvalue weighted by Crippen LogP contribution is 2.27. The van der Waals surface area contributed by atoms with Crippen LogP contribution in [-0.4, -0.2) is 23.8 Å². The van der Waals surface area contributed by atoms with Gasteiger partial charge in [-0.15, -0.1) is 0 Å². The SMILES string of the molecule is CC1=NCC2=C1CCSCC2. The molecule has 0 radical (unpaired) electrons. The summed E-state index contributed by atoms with van der Waals surface area (Å²) in [6.07, 6.45) is 2.54. The van der Waals surface area contributed by atoms with E-state index in [1.165, 1.54) is 30.1 Å². The van der Waals surface area contributed by atoms with Crippen LogP contribution in [0, 0.1) is 0 Å². The van der Waals surface area contributed by atoms with Gasteiger partial charge in [0.05, 0.1) is 6.54 Å². The zero-order valence-electron chi connectivity index (χ0n) is 6.89. The molecular formula is C9H13NS. The molecule has 0 saturated heterocycles. The monoisotopic (exact) mass is 167 g/mol. The quantitative estimate of drug-likeness (QED) is 0.539. The molecule has 0 N–H and O–H groups in total. The Morgan fingerprint density at radius 3 is 3.00 bits per heavy atom.